The second-order valence-electron chi connectivity index (χ2n) is 15.6. The van der Waals surface area contributed by atoms with Crippen molar-refractivity contribution in [2.45, 2.75) is 206 Å². The molecule has 0 aromatic rings. The molecule has 0 saturated heterocycles. The van der Waals surface area contributed by atoms with Crippen molar-refractivity contribution in [3.05, 3.63) is 60.8 Å². The number of aliphatic hydroxyl groups excluding tert-OH is 1. The van der Waals surface area contributed by atoms with Gasteiger partial charge in [-0.1, -0.05) is 158 Å². The number of aliphatic hydroxyl groups is 1. The van der Waals surface area contributed by atoms with E-state index < -0.39 is 57.6 Å². The zero-order valence-electron chi connectivity index (χ0n) is 37.5. The number of rotatable bonds is 43. The number of hydrogen-bond acceptors (Lipinski definition) is 8. The van der Waals surface area contributed by atoms with E-state index in [-0.39, 0.29) is 12.8 Å². The van der Waals surface area contributed by atoms with Gasteiger partial charge in [0.05, 0.1) is 13.2 Å². The Morgan fingerprint density at radius 1 is 0.533 bits per heavy atom. The molecular formula is C48H84NO10P. The number of allylic oxidation sites excluding steroid dienone is 10. The molecule has 346 valence electrons. The Hall–Kier alpha value is -2.82. The molecule has 0 aromatic heterocycles. The fourth-order valence-corrected chi connectivity index (χ4v) is 6.89. The maximum Gasteiger partial charge on any atom is 0.472 e. The molecule has 11 nitrogen and oxygen atoms in total. The van der Waals surface area contributed by atoms with E-state index in [0.717, 1.165) is 103 Å². The number of aliphatic carboxylic acids is 1. The summed E-state index contributed by atoms with van der Waals surface area (Å²) in [5.41, 5.74) is 0. The predicted octanol–water partition coefficient (Wildman–Crippen LogP) is 12.3. The molecule has 0 aromatic carbocycles. The largest absolute Gasteiger partial charge is 0.480 e. The molecule has 1 amide bonds. The van der Waals surface area contributed by atoms with Crippen LogP contribution in [0.25, 0.3) is 0 Å². The summed E-state index contributed by atoms with van der Waals surface area (Å²) in [6, 6.07) is -1.56. The van der Waals surface area contributed by atoms with Crippen LogP contribution in [0.5, 0.6) is 0 Å². The minimum Gasteiger partial charge on any atom is -0.480 e. The van der Waals surface area contributed by atoms with Crippen molar-refractivity contribution in [1.82, 2.24) is 5.32 Å². The molecule has 0 radical (unpaired) electrons. The number of carboxylic acids is 1. The zero-order chi connectivity index (χ0) is 44.2. The third kappa shape index (κ3) is 41.9. The van der Waals surface area contributed by atoms with Crippen LogP contribution in [0.4, 0.5) is 0 Å². The minimum absolute atomic E-state index is 0.130. The number of carboxylic acid groups (broad SMARTS) is 1. The van der Waals surface area contributed by atoms with Gasteiger partial charge in [0.15, 0.2) is 6.04 Å². The van der Waals surface area contributed by atoms with Crippen LogP contribution >= 0.6 is 7.82 Å². The molecule has 0 rings (SSSR count). The molecule has 3 unspecified atom stereocenters. The summed E-state index contributed by atoms with van der Waals surface area (Å²) in [6.45, 7) is 2.53. The summed E-state index contributed by atoms with van der Waals surface area (Å²) in [5.74, 6) is -2.40. The molecule has 0 fully saturated rings. The van der Waals surface area contributed by atoms with Crippen LogP contribution < -0.4 is 5.32 Å². The highest BCUT2D eigenvalue weighted by molar-refractivity contribution is 7.47. The Bertz CT molecular complexity index is 1250. The van der Waals surface area contributed by atoms with Crippen molar-refractivity contribution < 1.29 is 47.8 Å². The van der Waals surface area contributed by atoms with Crippen LogP contribution in [0.1, 0.15) is 194 Å². The third-order valence-corrected chi connectivity index (χ3v) is 10.7. The fraction of sp³-hybridized carbons (Fsp3) is 0.729. The van der Waals surface area contributed by atoms with Crippen LogP contribution in [0.15, 0.2) is 60.8 Å². The average molecular weight is 866 g/mol. The normalized spacial score (nSPS) is 14.2. The van der Waals surface area contributed by atoms with Gasteiger partial charge in [-0.05, 0) is 83.5 Å². The number of esters is 1. The summed E-state index contributed by atoms with van der Waals surface area (Å²) in [7, 11) is -4.76. The molecule has 0 spiro atoms. The highest BCUT2D eigenvalue weighted by atomic mass is 31.2. The summed E-state index contributed by atoms with van der Waals surface area (Å²) in [6.07, 6.45) is 49.5. The minimum atomic E-state index is -4.76. The molecule has 12 heteroatoms. The standard InChI is InChI=1S/C48H84NO10P/c1-3-5-7-9-11-13-15-17-18-19-20-21-22-23-24-25-26-28-29-31-33-35-37-39-46(51)49-45(48(53)54)43-59-60(55,56)58-42-44(50)41-57-47(52)40-38-36-34-32-30-27-16-14-12-10-8-6-4-2/h11,13-14,16-18,20-21,23-24,44-45,50H,3-10,12,15,19,22,25-43H2,1-2H3,(H,49,51)(H,53,54)(H,55,56)/b13-11-,16-14-,18-17-,21-20-,24-23-. The van der Waals surface area contributed by atoms with Crippen LogP contribution in [0.2, 0.25) is 0 Å². The van der Waals surface area contributed by atoms with E-state index >= 15 is 0 Å². The van der Waals surface area contributed by atoms with Crippen LogP contribution in [0, 0.1) is 0 Å². The average Bonchev–Trinajstić information content (AvgIpc) is 3.22. The van der Waals surface area contributed by atoms with Gasteiger partial charge in [-0.2, -0.15) is 0 Å². The molecule has 0 heterocycles. The number of ether oxygens (including phenoxy) is 1. The SMILES string of the molecule is CCCCC/C=C\C/C=C\C/C=C\C/C=C\CCCCCCCCCC(=O)NC(COP(=O)(O)OCC(O)COC(=O)CCCCCCC/C=C\CCCCCC)C(=O)O. The van der Waals surface area contributed by atoms with Gasteiger partial charge in [-0.3, -0.25) is 18.6 Å². The maximum absolute atomic E-state index is 12.3. The molecule has 0 aliphatic carbocycles. The van der Waals surface area contributed by atoms with Gasteiger partial charge in [0.2, 0.25) is 5.91 Å². The second kappa shape index (κ2) is 42.9. The Balaban J connectivity index is 3.92. The number of carbonyl (C=O) groups is 3. The van der Waals surface area contributed by atoms with Crippen molar-refractivity contribution >= 4 is 25.7 Å². The van der Waals surface area contributed by atoms with Crippen molar-refractivity contribution in [1.29, 1.82) is 0 Å². The lowest BCUT2D eigenvalue weighted by Crippen LogP contribution is -2.43. The van der Waals surface area contributed by atoms with Crippen molar-refractivity contribution in [2.75, 3.05) is 19.8 Å². The van der Waals surface area contributed by atoms with Gasteiger partial charge in [-0.25, -0.2) is 9.36 Å². The van der Waals surface area contributed by atoms with Gasteiger partial charge < -0.3 is 25.2 Å². The molecule has 0 aliphatic rings. The first kappa shape index (κ1) is 57.2. The number of unbranched alkanes of at least 4 members (excludes halogenated alkanes) is 19. The molecular weight excluding hydrogens is 781 g/mol. The maximum atomic E-state index is 12.3. The zero-order valence-corrected chi connectivity index (χ0v) is 38.4. The molecule has 60 heavy (non-hydrogen) atoms. The van der Waals surface area contributed by atoms with Crippen molar-refractivity contribution in [3.63, 3.8) is 0 Å². The quantitative estimate of drug-likeness (QED) is 0.0200. The highest BCUT2D eigenvalue weighted by Crippen LogP contribution is 2.43. The summed E-state index contributed by atoms with van der Waals surface area (Å²) in [5, 5.41) is 21.8. The van der Waals surface area contributed by atoms with Crippen LogP contribution in [-0.2, 0) is 32.7 Å². The van der Waals surface area contributed by atoms with Gasteiger partial charge in [0.1, 0.15) is 12.7 Å². The van der Waals surface area contributed by atoms with Gasteiger partial charge in [-0.15, -0.1) is 0 Å². The van der Waals surface area contributed by atoms with E-state index in [4.69, 9.17) is 13.8 Å². The van der Waals surface area contributed by atoms with E-state index in [1.807, 2.05) is 0 Å². The highest BCUT2D eigenvalue weighted by Gasteiger charge is 2.28. The van der Waals surface area contributed by atoms with E-state index in [2.05, 4.69) is 79.9 Å². The number of phosphoric ester groups is 1. The van der Waals surface area contributed by atoms with Crippen LogP contribution in [0.3, 0.4) is 0 Å². The van der Waals surface area contributed by atoms with E-state index in [0.29, 0.717) is 12.8 Å². The second-order valence-corrected chi connectivity index (χ2v) is 17.0. The molecule has 0 aliphatic heterocycles. The lowest BCUT2D eigenvalue weighted by molar-refractivity contribution is -0.147. The Labute approximate surface area is 364 Å². The summed E-state index contributed by atoms with van der Waals surface area (Å²) < 4.78 is 26.8. The van der Waals surface area contributed by atoms with Crippen molar-refractivity contribution in [3.8, 4) is 0 Å². The first-order valence-corrected chi connectivity index (χ1v) is 24.8. The number of carbonyl (C=O) groups excluding carboxylic acids is 2. The molecule has 3 atom stereocenters. The Morgan fingerprint density at radius 3 is 1.42 bits per heavy atom. The van der Waals surface area contributed by atoms with Gasteiger partial charge in [0, 0.05) is 12.8 Å². The number of amides is 1. The van der Waals surface area contributed by atoms with Gasteiger partial charge in [0.25, 0.3) is 0 Å². The molecule has 0 saturated carbocycles. The Morgan fingerprint density at radius 2 is 0.917 bits per heavy atom. The smallest absolute Gasteiger partial charge is 0.472 e. The van der Waals surface area contributed by atoms with E-state index in [1.54, 1.807) is 0 Å². The lowest BCUT2D eigenvalue weighted by atomic mass is 10.1. The number of hydrogen-bond donors (Lipinski definition) is 4. The topological polar surface area (TPSA) is 169 Å². The lowest BCUT2D eigenvalue weighted by Gasteiger charge is -2.18. The summed E-state index contributed by atoms with van der Waals surface area (Å²) in [4.78, 5) is 46.0. The monoisotopic (exact) mass is 866 g/mol. The molecule has 4 N–H and O–H groups in total. The Kier molecular flexibility index (Phi) is 40.8. The van der Waals surface area contributed by atoms with E-state index in [9.17, 15) is 34.1 Å². The van der Waals surface area contributed by atoms with Crippen molar-refractivity contribution in [2.24, 2.45) is 0 Å². The van der Waals surface area contributed by atoms with E-state index in [1.165, 1.54) is 51.4 Å². The third-order valence-electron chi connectivity index (χ3n) is 9.78. The van der Waals surface area contributed by atoms with Crippen LogP contribution in [-0.4, -0.2) is 64.9 Å². The fourth-order valence-electron chi connectivity index (χ4n) is 6.12. The number of phosphoric acid groups is 1. The summed E-state index contributed by atoms with van der Waals surface area (Å²) >= 11 is 0. The number of nitrogens with one attached hydrogen (secondary N) is 1. The van der Waals surface area contributed by atoms with Gasteiger partial charge >= 0.3 is 19.8 Å². The molecule has 0 bridgehead atoms. The predicted molar refractivity (Wildman–Crippen MR) is 245 cm³/mol. The first-order valence-electron chi connectivity index (χ1n) is 23.3. The first-order chi connectivity index (χ1) is 29.1.